The average Bonchev–Trinajstić information content (AvgIpc) is 1.89. The van der Waals surface area contributed by atoms with Crippen molar-refractivity contribution in [3.8, 4) is 0 Å². The highest BCUT2D eigenvalue weighted by molar-refractivity contribution is 7.48. The van der Waals surface area contributed by atoms with Crippen LogP contribution in [0.2, 0.25) is 0 Å². The number of carbonyl (C=O) groups excluding carboxylic acids is 2. The van der Waals surface area contributed by atoms with Crippen LogP contribution in [0.5, 0.6) is 0 Å². The van der Waals surface area contributed by atoms with Crippen molar-refractivity contribution in [2.45, 2.75) is 6.42 Å². The van der Waals surface area contributed by atoms with Crippen molar-refractivity contribution in [3.05, 3.63) is 12.2 Å². The molecule has 1 aliphatic heterocycles. The maximum absolute atomic E-state index is 10.7. The van der Waals surface area contributed by atoms with Crippen molar-refractivity contribution >= 4 is 19.8 Å². The van der Waals surface area contributed by atoms with E-state index in [0.717, 1.165) is 0 Å². The Morgan fingerprint density at radius 1 is 1.42 bits per heavy atom. The third-order valence-electron chi connectivity index (χ3n) is 1.06. The minimum absolute atomic E-state index is 0.202. The highest BCUT2D eigenvalue weighted by atomic mass is 31.2. The van der Waals surface area contributed by atoms with Gasteiger partial charge in [0, 0.05) is 5.57 Å². The first-order valence-corrected chi connectivity index (χ1v) is 4.37. The fraction of sp³-hybridized carbons (Fsp3) is 0.200. The lowest BCUT2D eigenvalue weighted by molar-refractivity contribution is -0.134. The lowest BCUT2D eigenvalue weighted by Crippen LogP contribution is -2.02. The van der Waals surface area contributed by atoms with Gasteiger partial charge in [-0.15, -0.1) is 0 Å². The number of carbonyl (C=O) groups is 2. The number of phosphoric acid groups is 1. The maximum Gasteiger partial charge on any atom is 0.589 e. The van der Waals surface area contributed by atoms with E-state index in [1.54, 1.807) is 0 Å². The van der Waals surface area contributed by atoms with Crippen LogP contribution in [-0.4, -0.2) is 16.8 Å². The number of rotatable bonds is 0. The van der Waals surface area contributed by atoms with Crippen LogP contribution < -0.4 is 0 Å². The van der Waals surface area contributed by atoms with Crippen molar-refractivity contribution < 1.29 is 28.1 Å². The second-order valence-corrected chi connectivity index (χ2v) is 3.39. The van der Waals surface area contributed by atoms with E-state index in [9.17, 15) is 14.2 Å². The molecule has 1 fully saturated rings. The topological polar surface area (TPSA) is 89.9 Å². The van der Waals surface area contributed by atoms with E-state index >= 15 is 0 Å². The van der Waals surface area contributed by atoms with E-state index in [4.69, 9.17) is 4.89 Å². The van der Waals surface area contributed by atoms with Crippen LogP contribution in [0.4, 0.5) is 0 Å². The standard InChI is InChI=1S/C5H5O6P/c1-3-2-4(6)10-12(8,9)11-5(3)7/h1-2H2,(H,8,9). The van der Waals surface area contributed by atoms with E-state index in [0.29, 0.717) is 0 Å². The fourth-order valence-electron chi connectivity index (χ4n) is 0.595. The zero-order chi connectivity index (χ0) is 9.35. The highest BCUT2D eigenvalue weighted by Gasteiger charge is 2.36. The zero-order valence-corrected chi connectivity index (χ0v) is 6.74. The largest absolute Gasteiger partial charge is 0.589 e. The summed E-state index contributed by atoms with van der Waals surface area (Å²) in [5.41, 5.74) is -0.202. The fourth-order valence-corrected chi connectivity index (χ4v) is 1.29. The second-order valence-electron chi connectivity index (χ2n) is 2.09. The molecule has 1 aliphatic rings. The Labute approximate surface area is 67.4 Å². The van der Waals surface area contributed by atoms with Gasteiger partial charge in [-0.1, -0.05) is 6.58 Å². The number of hydrogen-bond donors (Lipinski definition) is 1. The molecule has 0 radical (unpaired) electrons. The van der Waals surface area contributed by atoms with E-state index in [1.165, 1.54) is 0 Å². The average molecular weight is 192 g/mol. The van der Waals surface area contributed by atoms with Gasteiger partial charge in [-0.25, -0.2) is 9.36 Å². The molecule has 0 amide bonds. The van der Waals surface area contributed by atoms with Gasteiger partial charge in [0.1, 0.15) is 0 Å². The van der Waals surface area contributed by atoms with Gasteiger partial charge in [-0.3, -0.25) is 9.69 Å². The molecule has 12 heavy (non-hydrogen) atoms. The molecule has 6 nitrogen and oxygen atoms in total. The molecule has 1 unspecified atom stereocenters. The number of hydrogen-bond acceptors (Lipinski definition) is 5. The molecular formula is C5H5O6P. The molecule has 0 aromatic carbocycles. The van der Waals surface area contributed by atoms with E-state index in [2.05, 4.69) is 15.6 Å². The number of phosphoric ester groups is 1. The molecule has 0 aliphatic carbocycles. The van der Waals surface area contributed by atoms with Crippen molar-refractivity contribution in [3.63, 3.8) is 0 Å². The van der Waals surface area contributed by atoms with Gasteiger partial charge in [-0.05, 0) is 0 Å². The van der Waals surface area contributed by atoms with Gasteiger partial charge in [0.25, 0.3) is 0 Å². The molecule has 1 N–H and O–H groups in total. The molecule has 1 atom stereocenters. The molecular weight excluding hydrogens is 187 g/mol. The molecule has 1 rings (SSSR count). The SMILES string of the molecule is C=C1CC(=O)OP(=O)(O)OC1=O. The Morgan fingerprint density at radius 3 is 2.58 bits per heavy atom. The van der Waals surface area contributed by atoms with Crippen molar-refractivity contribution in [2.24, 2.45) is 0 Å². The minimum Gasteiger partial charge on any atom is -0.361 e. The van der Waals surface area contributed by atoms with Crippen molar-refractivity contribution in [2.75, 3.05) is 0 Å². The predicted octanol–water partition coefficient (Wildman–Crippen LogP) is 0.133. The maximum atomic E-state index is 10.7. The lowest BCUT2D eigenvalue weighted by Gasteiger charge is -2.04. The summed E-state index contributed by atoms with van der Waals surface area (Å²) in [5, 5.41) is 0. The van der Waals surface area contributed by atoms with Gasteiger partial charge in [0.05, 0.1) is 6.42 Å². The summed E-state index contributed by atoms with van der Waals surface area (Å²) in [5.74, 6) is -2.09. The Bertz CT molecular complexity index is 305. The van der Waals surface area contributed by atoms with E-state index < -0.39 is 26.2 Å². The third-order valence-corrected chi connectivity index (χ3v) is 1.89. The lowest BCUT2D eigenvalue weighted by atomic mass is 10.2. The monoisotopic (exact) mass is 192 g/mol. The summed E-state index contributed by atoms with van der Waals surface area (Å²) in [7, 11) is -4.54. The Balaban J connectivity index is 2.95. The first kappa shape index (κ1) is 8.96. The van der Waals surface area contributed by atoms with Crippen LogP contribution in [0.15, 0.2) is 12.2 Å². The molecule has 1 saturated heterocycles. The smallest absolute Gasteiger partial charge is 0.361 e. The van der Waals surface area contributed by atoms with Gasteiger partial charge in [0.15, 0.2) is 0 Å². The van der Waals surface area contributed by atoms with Crippen molar-refractivity contribution in [1.29, 1.82) is 0 Å². The quantitative estimate of drug-likeness (QED) is 0.433. The Kier molecular flexibility index (Phi) is 2.04. The molecule has 0 spiro atoms. The molecule has 1 heterocycles. The van der Waals surface area contributed by atoms with Gasteiger partial charge in [-0.2, -0.15) is 0 Å². The van der Waals surface area contributed by atoms with Crippen molar-refractivity contribution in [1.82, 2.24) is 0 Å². The second kappa shape index (κ2) is 2.73. The predicted molar refractivity (Wildman–Crippen MR) is 35.8 cm³/mol. The summed E-state index contributed by atoms with van der Waals surface area (Å²) >= 11 is 0. The summed E-state index contributed by atoms with van der Waals surface area (Å²) in [6.45, 7) is 3.16. The van der Waals surface area contributed by atoms with Gasteiger partial charge >= 0.3 is 19.8 Å². The zero-order valence-electron chi connectivity index (χ0n) is 5.85. The normalized spacial score (nSPS) is 30.6. The third kappa shape index (κ3) is 1.93. The van der Waals surface area contributed by atoms with Crippen LogP contribution in [-0.2, 0) is 23.2 Å². The summed E-state index contributed by atoms with van der Waals surface area (Å²) < 4.78 is 18.5. The van der Waals surface area contributed by atoms with E-state index in [-0.39, 0.29) is 5.57 Å². The van der Waals surface area contributed by atoms with Crippen LogP contribution in [0.1, 0.15) is 6.42 Å². The minimum atomic E-state index is -4.54. The first-order chi connectivity index (χ1) is 5.41. The summed E-state index contributed by atoms with van der Waals surface area (Å²) in [6.07, 6.45) is -0.427. The molecule has 66 valence electrons. The van der Waals surface area contributed by atoms with Crippen LogP contribution >= 0.6 is 7.82 Å². The highest BCUT2D eigenvalue weighted by Crippen LogP contribution is 2.46. The molecule has 0 aromatic heterocycles. The van der Waals surface area contributed by atoms with Crippen LogP contribution in [0.25, 0.3) is 0 Å². The van der Waals surface area contributed by atoms with Crippen LogP contribution in [0.3, 0.4) is 0 Å². The van der Waals surface area contributed by atoms with Gasteiger partial charge in [0.2, 0.25) is 0 Å². The molecule has 0 saturated carbocycles. The Hall–Kier alpha value is -1.13. The molecule has 0 bridgehead atoms. The van der Waals surface area contributed by atoms with E-state index in [1.807, 2.05) is 0 Å². The van der Waals surface area contributed by atoms with Gasteiger partial charge < -0.3 is 9.05 Å². The molecule has 0 aromatic rings. The Morgan fingerprint density at radius 2 is 2.00 bits per heavy atom. The van der Waals surface area contributed by atoms with Crippen LogP contribution in [0, 0.1) is 0 Å². The molecule has 7 heteroatoms. The summed E-state index contributed by atoms with van der Waals surface area (Å²) in [6, 6.07) is 0. The first-order valence-electron chi connectivity index (χ1n) is 2.87. The summed E-state index contributed by atoms with van der Waals surface area (Å²) in [4.78, 5) is 29.9.